The lowest BCUT2D eigenvalue weighted by Crippen LogP contribution is -2.56. The van der Waals surface area contributed by atoms with Crippen molar-refractivity contribution in [2.75, 3.05) is 5.32 Å². The number of carbonyl (C=O) groups is 1. The van der Waals surface area contributed by atoms with Crippen molar-refractivity contribution in [3.05, 3.63) is 28.8 Å². The second-order valence-corrected chi connectivity index (χ2v) is 4.68. The van der Waals surface area contributed by atoms with Crippen LogP contribution in [0.2, 0.25) is 5.02 Å². The van der Waals surface area contributed by atoms with Gasteiger partial charge >= 0.3 is 0 Å². The molecule has 17 heavy (non-hydrogen) atoms. The van der Waals surface area contributed by atoms with Crippen molar-refractivity contribution in [1.29, 1.82) is 5.26 Å². The predicted molar refractivity (Wildman–Crippen MR) is 65.6 cm³/mol. The van der Waals surface area contributed by atoms with Crippen molar-refractivity contribution in [1.82, 2.24) is 0 Å². The molecule has 0 unspecified atom stereocenters. The van der Waals surface area contributed by atoms with E-state index in [1.54, 1.807) is 18.2 Å². The summed E-state index contributed by atoms with van der Waals surface area (Å²) in [5, 5.41) is 11.8. The molecular formula is C12H12ClN3O. The zero-order valence-corrected chi connectivity index (χ0v) is 9.92. The summed E-state index contributed by atoms with van der Waals surface area (Å²) in [6, 6.07) is 6.73. The summed E-state index contributed by atoms with van der Waals surface area (Å²) in [4.78, 5) is 11.8. The van der Waals surface area contributed by atoms with Gasteiger partial charge in [0.05, 0.1) is 16.1 Å². The molecule has 4 nitrogen and oxygen atoms in total. The van der Waals surface area contributed by atoms with Crippen molar-refractivity contribution in [2.45, 2.75) is 24.8 Å². The third-order valence-electron chi connectivity index (χ3n) is 3.05. The molecule has 2 rings (SSSR count). The Morgan fingerprint density at radius 3 is 2.71 bits per heavy atom. The quantitative estimate of drug-likeness (QED) is 0.842. The number of amides is 1. The topological polar surface area (TPSA) is 78.9 Å². The molecule has 0 aromatic heterocycles. The lowest BCUT2D eigenvalue weighted by molar-refractivity contribution is -0.123. The maximum absolute atomic E-state index is 11.8. The van der Waals surface area contributed by atoms with Gasteiger partial charge in [0.25, 0.3) is 0 Å². The van der Waals surface area contributed by atoms with Gasteiger partial charge in [0.1, 0.15) is 6.07 Å². The van der Waals surface area contributed by atoms with Gasteiger partial charge in [0, 0.05) is 5.69 Å². The summed E-state index contributed by atoms with van der Waals surface area (Å²) in [7, 11) is 0. The Labute approximate surface area is 104 Å². The number of nitrogens with zero attached hydrogens (tertiary/aromatic N) is 1. The average molecular weight is 250 g/mol. The fraction of sp³-hybridized carbons (Fsp3) is 0.333. The number of nitriles is 1. The Balaban J connectivity index is 2.12. The molecular weight excluding hydrogens is 238 g/mol. The number of nitrogens with two attached hydrogens (primary N) is 1. The highest BCUT2D eigenvalue weighted by atomic mass is 35.5. The Morgan fingerprint density at radius 1 is 1.53 bits per heavy atom. The molecule has 1 aromatic carbocycles. The Hall–Kier alpha value is -1.57. The lowest BCUT2D eigenvalue weighted by atomic mass is 9.77. The highest BCUT2D eigenvalue weighted by molar-refractivity contribution is 6.32. The molecule has 0 aliphatic heterocycles. The van der Waals surface area contributed by atoms with E-state index in [0.717, 1.165) is 6.42 Å². The van der Waals surface area contributed by atoms with Gasteiger partial charge in [-0.15, -0.1) is 0 Å². The van der Waals surface area contributed by atoms with Crippen molar-refractivity contribution < 1.29 is 4.79 Å². The van der Waals surface area contributed by atoms with Gasteiger partial charge in [0.2, 0.25) is 5.91 Å². The van der Waals surface area contributed by atoms with E-state index >= 15 is 0 Å². The molecule has 0 heterocycles. The highest BCUT2D eigenvalue weighted by Crippen LogP contribution is 2.30. The van der Waals surface area contributed by atoms with Crippen LogP contribution < -0.4 is 11.1 Å². The summed E-state index contributed by atoms with van der Waals surface area (Å²) >= 11 is 5.87. The first-order chi connectivity index (χ1) is 8.05. The van der Waals surface area contributed by atoms with Crippen LogP contribution in [-0.2, 0) is 4.79 Å². The van der Waals surface area contributed by atoms with Gasteiger partial charge in [-0.25, -0.2) is 0 Å². The van der Waals surface area contributed by atoms with E-state index < -0.39 is 5.54 Å². The number of anilines is 1. The summed E-state index contributed by atoms with van der Waals surface area (Å²) in [6.07, 6.45) is 2.41. The monoisotopic (exact) mass is 249 g/mol. The average Bonchev–Trinajstić information content (AvgIpc) is 2.26. The van der Waals surface area contributed by atoms with Crippen LogP contribution >= 0.6 is 11.6 Å². The first-order valence-corrected chi connectivity index (χ1v) is 5.73. The third-order valence-corrected chi connectivity index (χ3v) is 3.36. The van der Waals surface area contributed by atoms with Crippen LogP contribution in [0.3, 0.4) is 0 Å². The first-order valence-electron chi connectivity index (χ1n) is 5.35. The molecule has 5 heteroatoms. The van der Waals surface area contributed by atoms with Crippen molar-refractivity contribution in [2.24, 2.45) is 5.73 Å². The molecule has 1 aliphatic rings. The summed E-state index contributed by atoms with van der Waals surface area (Å²) in [5.74, 6) is -0.190. The zero-order chi connectivity index (χ0) is 12.5. The fourth-order valence-electron chi connectivity index (χ4n) is 1.72. The molecule has 0 radical (unpaired) electrons. The lowest BCUT2D eigenvalue weighted by Gasteiger charge is -2.36. The number of carbonyl (C=O) groups excluding carboxylic acids is 1. The standard InChI is InChI=1S/C12H12ClN3O/c13-10-6-9(3-2-8(10)7-14)16-11(17)12(15)4-1-5-12/h2-3,6H,1,4-5,15H2,(H,16,17). The second-order valence-electron chi connectivity index (χ2n) is 4.27. The van der Waals surface area contributed by atoms with E-state index in [0.29, 0.717) is 29.1 Å². The summed E-state index contributed by atoms with van der Waals surface area (Å²) in [6.45, 7) is 0. The molecule has 1 aromatic rings. The van der Waals surface area contributed by atoms with E-state index in [1.165, 1.54) is 0 Å². The van der Waals surface area contributed by atoms with Crippen LogP contribution in [0.5, 0.6) is 0 Å². The molecule has 1 amide bonds. The van der Waals surface area contributed by atoms with Crippen LogP contribution in [0.25, 0.3) is 0 Å². The minimum atomic E-state index is -0.736. The number of nitrogens with one attached hydrogen (secondary N) is 1. The van der Waals surface area contributed by atoms with E-state index in [4.69, 9.17) is 22.6 Å². The summed E-state index contributed by atoms with van der Waals surface area (Å²) < 4.78 is 0. The third kappa shape index (κ3) is 2.26. The highest BCUT2D eigenvalue weighted by Gasteiger charge is 2.40. The van der Waals surface area contributed by atoms with Crippen molar-refractivity contribution >= 4 is 23.2 Å². The molecule has 0 saturated heterocycles. The Bertz CT molecular complexity index is 503. The normalized spacial score (nSPS) is 16.8. The van der Waals surface area contributed by atoms with Crippen molar-refractivity contribution in [3.63, 3.8) is 0 Å². The number of rotatable bonds is 2. The minimum absolute atomic E-state index is 0.190. The molecule has 0 atom stereocenters. The molecule has 0 spiro atoms. The maximum Gasteiger partial charge on any atom is 0.244 e. The molecule has 88 valence electrons. The number of benzene rings is 1. The predicted octanol–water partition coefficient (Wildman–Crippen LogP) is 2.03. The van der Waals surface area contributed by atoms with Crippen LogP contribution in [0.4, 0.5) is 5.69 Å². The smallest absolute Gasteiger partial charge is 0.244 e. The van der Waals surface area contributed by atoms with Crippen LogP contribution in [0, 0.1) is 11.3 Å². The largest absolute Gasteiger partial charge is 0.324 e. The molecule has 1 aliphatic carbocycles. The Morgan fingerprint density at radius 2 is 2.24 bits per heavy atom. The van der Waals surface area contributed by atoms with Crippen LogP contribution in [0.1, 0.15) is 24.8 Å². The fourth-order valence-corrected chi connectivity index (χ4v) is 1.95. The number of hydrogen-bond donors (Lipinski definition) is 2. The SMILES string of the molecule is N#Cc1ccc(NC(=O)C2(N)CCC2)cc1Cl. The second kappa shape index (κ2) is 4.36. The summed E-state index contributed by atoms with van der Waals surface area (Å²) in [5.41, 5.74) is 6.11. The maximum atomic E-state index is 11.8. The van der Waals surface area contributed by atoms with Crippen LogP contribution in [0.15, 0.2) is 18.2 Å². The molecule has 1 saturated carbocycles. The number of hydrogen-bond acceptors (Lipinski definition) is 3. The molecule has 1 fully saturated rings. The number of halogens is 1. The minimum Gasteiger partial charge on any atom is -0.324 e. The van der Waals surface area contributed by atoms with Gasteiger partial charge < -0.3 is 11.1 Å². The Kier molecular flexibility index (Phi) is 3.05. The zero-order valence-electron chi connectivity index (χ0n) is 9.16. The van der Waals surface area contributed by atoms with Gasteiger partial charge in [-0.2, -0.15) is 5.26 Å². The van der Waals surface area contributed by atoms with Gasteiger partial charge in [-0.05, 0) is 37.5 Å². The molecule has 0 bridgehead atoms. The van der Waals surface area contributed by atoms with Crippen LogP contribution in [-0.4, -0.2) is 11.4 Å². The van der Waals surface area contributed by atoms with Gasteiger partial charge in [-0.3, -0.25) is 4.79 Å². The van der Waals surface area contributed by atoms with E-state index in [9.17, 15) is 4.79 Å². The van der Waals surface area contributed by atoms with Gasteiger partial charge in [-0.1, -0.05) is 11.6 Å². The van der Waals surface area contributed by atoms with Crippen molar-refractivity contribution in [3.8, 4) is 6.07 Å². The van der Waals surface area contributed by atoms with E-state index in [2.05, 4.69) is 5.32 Å². The van der Waals surface area contributed by atoms with E-state index in [-0.39, 0.29) is 5.91 Å². The first kappa shape index (κ1) is 11.9. The van der Waals surface area contributed by atoms with E-state index in [1.807, 2.05) is 6.07 Å². The molecule has 3 N–H and O–H groups in total. The van der Waals surface area contributed by atoms with Gasteiger partial charge in [0.15, 0.2) is 0 Å².